The van der Waals surface area contributed by atoms with Gasteiger partial charge < -0.3 is 105 Å². The van der Waals surface area contributed by atoms with Crippen molar-refractivity contribution in [3.05, 3.63) is 58.1 Å². The number of aromatic hydroxyl groups is 12. The number of fused-ring (bicyclic) bond motifs is 6. The number of carbonyl (C=O) groups excluding carboxylic acids is 6. The largest absolute Gasteiger partial charge is 0.504 e. The third kappa shape index (κ3) is 8.27. The van der Waals surface area contributed by atoms with Crippen LogP contribution in [0.15, 0.2) is 30.3 Å². The first-order valence-corrected chi connectivity index (χ1v) is 19.6. The van der Waals surface area contributed by atoms with E-state index in [4.69, 9.17) is 28.4 Å². The molecule has 3 aliphatic rings. The van der Waals surface area contributed by atoms with Gasteiger partial charge in [0, 0.05) is 16.7 Å². The van der Waals surface area contributed by atoms with Crippen molar-refractivity contribution in [3.63, 3.8) is 0 Å². The van der Waals surface area contributed by atoms with Crippen LogP contribution in [0.3, 0.4) is 0 Å². The SMILES string of the molecule is COC(=O)C1OC(=O)c2cc(O)c(O)c(O)c2C1C(CC(=O)O)C(=O)OC1C2COC(=O)c3cc(O)c(O)c(O)c3-c3c(cc(O)c(O)c3O)C(=O)OC1C(O)C(OC(=O)c1cc(O)c(O)c(O)c1)O2. The molecule has 0 amide bonds. The topological polar surface area (TPSA) is 467 Å². The summed E-state index contributed by atoms with van der Waals surface area (Å²) in [5.74, 6) is -32.0. The lowest BCUT2D eigenvalue weighted by Gasteiger charge is -2.43. The number of carboxylic acids is 1. The molecule has 2 bridgehead atoms. The van der Waals surface area contributed by atoms with E-state index >= 15 is 0 Å². The van der Waals surface area contributed by atoms with Gasteiger partial charge in [0.15, 0.2) is 70.1 Å². The first kappa shape index (κ1) is 48.6. The molecule has 8 unspecified atom stereocenters. The van der Waals surface area contributed by atoms with Gasteiger partial charge in [0.1, 0.15) is 12.7 Å². The van der Waals surface area contributed by atoms with Crippen LogP contribution >= 0.6 is 0 Å². The maximum absolute atomic E-state index is 14.7. The molecule has 0 spiro atoms. The van der Waals surface area contributed by atoms with Crippen LogP contribution in [0.2, 0.25) is 0 Å². The summed E-state index contributed by atoms with van der Waals surface area (Å²) in [5.41, 5.74) is -6.92. The highest BCUT2D eigenvalue weighted by atomic mass is 16.7. The van der Waals surface area contributed by atoms with Gasteiger partial charge in [-0.25, -0.2) is 24.0 Å². The Bertz CT molecular complexity index is 2900. The zero-order valence-corrected chi connectivity index (χ0v) is 34.9. The quantitative estimate of drug-likeness (QED) is 0.0625. The van der Waals surface area contributed by atoms with Gasteiger partial charge >= 0.3 is 41.8 Å². The van der Waals surface area contributed by atoms with Crippen molar-refractivity contribution in [2.45, 2.75) is 49.1 Å². The van der Waals surface area contributed by atoms with Crippen molar-refractivity contribution in [2.24, 2.45) is 5.92 Å². The number of methoxy groups -OCH3 is 1. The smallest absolute Gasteiger partial charge is 0.347 e. The number of phenolic OH excluding ortho intramolecular Hbond substituents is 12. The summed E-state index contributed by atoms with van der Waals surface area (Å²) in [7, 11) is 0.765. The number of aliphatic hydroxyl groups excluding tert-OH is 1. The van der Waals surface area contributed by atoms with E-state index in [-0.39, 0.29) is 0 Å². The second kappa shape index (κ2) is 18.1. The number of benzene rings is 4. The first-order valence-electron chi connectivity index (χ1n) is 19.6. The molecule has 1 saturated heterocycles. The van der Waals surface area contributed by atoms with Gasteiger partial charge in [-0.15, -0.1) is 0 Å². The molecule has 8 atom stereocenters. The van der Waals surface area contributed by atoms with Crippen LogP contribution in [0.5, 0.6) is 69.0 Å². The second-order valence-electron chi connectivity index (χ2n) is 15.3. The Morgan fingerprint density at radius 3 is 1.69 bits per heavy atom. The van der Waals surface area contributed by atoms with E-state index in [1.165, 1.54) is 0 Å². The van der Waals surface area contributed by atoms with Gasteiger partial charge in [-0.05, 0) is 30.3 Å². The molecule has 0 radical (unpaired) electrons. The molecule has 1 fully saturated rings. The molecule has 4 aromatic rings. The average Bonchev–Trinajstić information content (AvgIpc) is 3.31. The van der Waals surface area contributed by atoms with E-state index < -0.39 is 211 Å². The highest BCUT2D eigenvalue weighted by Crippen LogP contribution is 2.54. The fraction of sp³-hybridized carbons (Fsp3) is 0.262. The summed E-state index contributed by atoms with van der Waals surface area (Å²) in [6.07, 6.45) is -16.4. The molecular formula is C42H34O28. The number of hydrogen-bond acceptors (Lipinski definition) is 27. The number of ether oxygens (including phenoxy) is 7. The van der Waals surface area contributed by atoms with Gasteiger partial charge in [-0.3, -0.25) is 9.59 Å². The van der Waals surface area contributed by atoms with Crippen molar-refractivity contribution in [2.75, 3.05) is 13.7 Å². The fourth-order valence-electron chi connectivity index (χ4n) is 7.90. The van der Waals surface area contributed by atoms with E-state index in [0.717, 1.165) is 7.11 Å². The minimum Gasteiger partial charge on any atom is -0.504 e. The van der Waals surface area contributed by atoms with Crippen LogP contribution in [-0.4, -0.2) is 164 Å². The van der Waals surface area contributed by atoms with Crippen molar-refractivity contribution in [1.29, 1.82) is 0 Å². The lowest BCUT2D eigenvalue weighted by Crippen LogP contribution is -2.62. The number of aliphatic hydroxyl groups is 1. The number of esters is 6. The van der Waals surface area contributed by atoms with Crippen LogP contribution in [0.4, 0.5) is 0 Å². The Kier molecular flexibility index (Phi) is 12.5. The van der Waals surface area contributed by atoms with Crippen molar-refractivity contribution in [1.82, 2.24) is 0 Å². The summed E-state index contributed by atoms with van der Waals surface area (Å²) in [4.78, 5) is 95.1. The van der Waals surface area contributed by atoms with Crippen LogP contribution in [-0.2, 0) is 47.5 Å². The molecule has 28 nitrogen and oxygen atoms in total. The van der Waals surface area contributed by atoms with E-state index in [2.05, 4.69) is 4.74 Å². The summed E-state index contributed by atoms with van der Waals surface area (Å²) in [6, 6.07) is 2.43. The molecule has 28 heteroatoms. The van der Waals surface area contributed by atoms with Gasteiger partial charge in [0.05, 0.1) is 47.6 Å². The Hall–Kier alpha value is -9.31. The molecule has 4 aromatic carbocycles. The molecule has 0 saturated carbocycles. The van der Waals surface area contributed by atoms with E-state index in [1.54, 1.807) is 0 Å². The maximum atomic E-state index is 14.7. The van der Waals surface area contributed by atoms with E-state index in [1.807, 2.05) is 0 Å². The fourth-order valence-corrected chi connectivity index (χ4v) is 7.90. The molecule has 14 N–H and O–H groups in total. The Labute approximate surface area is 386 Å². The summed E-state index contributed by atoms with van der Waals surface area (Å²) >= 11 is 0. The van der Waals surface area contributed by atoms with Crippen molar-refractivity contribution in [3.8, 4) is 80.1 Å². The first-order chi connectivity index (χ1) is 32.9. The van der Waals surface area contributed by atoms with Gasteiger partial charge in [-0.1, -0.05) is 0 Å². The minimum atomic E-state index is -2.68. The van der Waals surface area contributed by atoms with E-state index in [9.17, 15) is 105 Å². The van der Waals surface area contributed by atoms with Crippen LogP contribution in [0.1, 0.15) is 59.3 Å². The van der Waals surface area contributed by atoms with Gasteiger partial charge in [-0.2, -0.15) is 0 Å². The van der Waals surface area contributed by atoms with Crippen molar-refractivity contribution >= 4 is 41.8 Å². The zero-order valence-electron chi connectivity index (χ0n) is 34.9. The molecule has 3 aliphatic heterocycles. The Morgan fingerprint density at radius 1 is 0.643 bits per heavy atom. The number of carboxylic acid groups (broad SMARTS) is 1. The van der Waals surface area contributed by atoms with Gasteiger partial charge in [0.2, 0.25) is 29.6 Å². The van der Waals surface area contributed by atoms with Gasteiger partial charge in [0.25, 0.3) is 0 Å². The normalized spacial score (nSPS) is 22.1. The summed E-state index contributed by atoms with van der Waals surface area (Å²) < 4.78 is 37.3. The molecule has 370 valence electrons. The number of hydrogen-bond donors (Lipinski definition) is 14. The minimum absolute atomic E-state index is 0.347. The predicted molar refractivity (Wildman–Crippen MR) is 214 cm³/mol. The summed E-state index contributed by atoms with van der Waals surface area (Å²) in [6.45, 7) is -1.35. The maximum Gasteiger partial charge on any atom is 0.347 e. The number of cyclic esters (lactones) is 2. The molecule has 70 heavy (non-hydrogen) atoms. The Morgan fingerprint density at radius 2 is 1.14 bits per heavy atom. The predicted octanol–water partition coefficient (Wildman–Crippen LogP) is -0.0421. The standard InChI is InChI=1S/C42H34O28/c1-64-41(63)34-24(23-12(38(60)68-34)6-18(47)28(53)31(23)56)13(7-20(48)49)40(62)67-33-19-8-65-37(59)10-4-16(45)26(51)29(54)21(10)22-11(5-17(46)27(52)30(22)55)39(61)69-35(33)32(57)42(66-19)70-36(58)9-2-14(43)25(50)15(44)3-9/h2-6,13,19,24,32-35,42-47,50-57H,7-8H2,1H3,(H,48,49). The third-order valence-corrected chi connectivity index (χ3v) is 11.2. The highest BCUT2D eigenvalue weighted by Gasteiger charge is 2.56. The molecule has 7 rings (SSSR count). The summed E-state index contributed by atoms with van der Waals surface area (Å²) in [5, 5.41) is 147. The number of aliphatic carboxylic acids is 1. The average molecular weight is 987 g/mol. The molecular weight excluding hydrogens is 952 g/mol. The van der Waals surface area contributed by atoms with Crippen LogP contribution in [0.25, 0.3) is 11.1 Å². The lowest BCUT2D eigenvalue weighted by molar-refractivity contribution is -0.288. The number of carbonyl (C=O) groups is 7. The van der Waals surface area contributed by atoms with Crippen LogP contribution < -0.4 is 0 Å². The van der Waals surface area contributed by atoms with Crippen LogP contribution in [0, 0.1) is 5.92 Å². The second-order valence-corrected chi connectivity index (χ2v) is 15.3. The Balaban J connectivity index is 1.41. The monoisotopic (exact) mass is 986 g/mol. The zero-order chi connectivity index (χ0) is 51.5. The number of rotatable bonds is 8. The number of phenols is 12. The molecule has 0 aromatic heterocycles. The third-order valence-electron chi connectivity index (χ3n) is 11.2. The van der Waals surface area contributed by atoms with E-state index in [0.29, 0.717) is 30.3 Å². The molecule has 0 aliphatic carbocycles. The lowest BCUT2D eigenvalue weighted by atomic mass is 9.75. The highest BCUT2D eigenvalue weighted by molar-refractivity contribution is 6.08. The van der Waals surface area contributed by atoms with Crippen molar-refractivity contribution < 1.29 is 138 Å². The molecule has 3 heterocycles.